The molecule has 1 unspecified atom stereocenters. The summed E-state index contributed by atoms with van der Waals surface area (Å²) < 4.78 is 5.42. The van der Waals surface area contributed by atoms with Crippen molar-refractivity contribution in [1.29, 1.82) is 0 Å². The molecule has 1 amide bonds. The van der Waals surface area contributed by atoms with E-state index in [-0.39, 0.29) is 24.5 Å². The van der Waals surface area contributed by atoms with Crippen LogP contribution in [-0.2, 0) is 16.0 Å². The van der Waals surface area contributed by atoms with Crippen LogP contribution in [0.5, 0.6) is 0 Å². The van der Waals surface area contributed by atoms with E-state index < -0.39 is 0 Å². The van der Waals surface area contributed by atoms with E-state index in [1.54, 1.807) is 0 Å². The highest BCUT2D eigenvalue weighted by molar-refractivity contribution is 5.97. The molecule has 0 aliphatic carbocycles. The van der Waals surface area contributed by atoms with Crippen LogP contribution in [0.3, 0.4) is 0 Å². The minimum Gasteiger partial charge on any atom is -0.379 e. The van der Waals surface area contributed by atoms with Crippen molar-refractivity contribution in [3.8, 4) is 0 Å². The smallest absolute Gasteiger partial charge is 0.220 e. The van der Waals surface area contributed by atoms with Crippen molar-refractivity contribution in [2.75, 3.05) is 32.8 Å². The first kappa shape index (κ1) is 21.6. The lowest BCUT2D eigenvalue weighted by Gasteiger charge is -2.36. The molecule has 0 spiro atoms. The molecule has 150 valence electrons. The second-order valence-electron chi connectivity index (χ2n) is 7.63. The number of carbonyl (C=O) groups excluding carboxylic acids is 2. The number of hydrogen-bond donors (Lipinski definition) is 1. The Bertz CT molecular complexity index is 592. The number of ketones is 1. The van der Waals surface area contributed by atoms with Gasteiger partial charge >= 0.3 is 0 Å². The summed E-state index contributed by atoms with van der Waals surface area (Å²) >= 11 is 0. The summed E-state index contributed by atoms with van der Waals surface area (Å²) in [4.78, 5) is 26.9. The third-order valence-electron chi connectivity index (χ3n) is 5.19. The van der Waals surface area contributed by atoms with Crippen LogP contribution < -0.4 is 5.32 Å². The number of carbonyl (C=O) groups is 2. The lowest BCUT2D eigenvalue weighted by Crippen LogP contribution is -2.51. The van der Waals surface area contributed by atoms with Crippen LogP contribution in [0.4, 0.5) is 0 Å². The maximum absolute atomic E-state index is 12.3. The Kier molecular flexibility index (Phi) is 8.95. The minimum absolute atomic E-state index is 0.0294. The molecule has 0 radical (unpaired) electrons. The molecule has 1 aliphatic heterocycles. The molecule has 0 bridgehead atoms. The third-order valence-corrected chi connectivity index (χ3v) is 5.19. The average Bonchev–Trinajstić information content (AvgIpc) is 2.67. The summed E-state index contributed by atoms with van der Waals surface area (Å²) in [6, 6.07) is 8.06. The van der Waals surface area contributed by atoms with Gasteiger partial charge in [0, 0.05) is 44.1 Å². The zero-order valence-electron chi connectivity index (χ0n) is 17.0. The fourth-order valence-electron chi connectivity index (χ4n) is 3.52. The first-order chi connectivity index (χ1) is 13.0. The van der Waals surface area contributed by atoms with Crippen molar-refractivity contribution in [2.24, 2.45) is 5.92 Å². The largest absolute Gasteiger partial charge is 0.379 e. The van der Waals surface area contributed by atoms with Gasteiger partial charge in [-0.15, -0.1) is 0 Å². The van der Waals surface area contributed by atoms with Crippen molar-refractivity contribution in [2.45, 2.75) is 52.5 Å². The SMILES string of the molecule is CCCc1ccc(C(=O)CCC(=O)NCC(C(C)C)N2CCOCC2)cc1. The van der Waals surface area contributed by atoms with Crippen LogP contribution in [0.15, 0.2) is 24.3 Å². The molecule has 1 aliphatic rings. The number of aryl methyl sites for hydroxylation is 1. The summed E-state index contributed by atoms with van der Waals surface area (Å²) in [5.41, 5.74) is 1.94. The van der Waals surface area contributed by atoms with E-state index >= 15 is 0 Å². The topological polar surface area (TPSA) is 58.6 Å². The normalized spacial score (nSPS) is 16.3. The Balaban J connectivity index is 1.76. The Labute approximate surface area is 163 Å². The highest BCUT2D eigenvalue weighted by atomic mass is 16.5. The second kappa shape index (κ2) is 11.2. The molecule has 5 heteroatoms. The molecule has 0 aromatic heterocycles. The third kappa shape index (κ3) is 7.07. The number of ether oxygens (including phenoxy) is 1. The summed E-state index contributed by atoms with van der Waals surface area (Å²) in [6.45, 7) is 10.4. The molecule has 1 atom stereocenters. The van der Waals surface area contributed by atoms with Crippen LogP contribution in [0, 0.1) is 5.92 Å². The van der Waals surface area contributed by atoms with Gasteiger partial charge in [0.25, 0.3) is 0 Å². The molecule has 1 aromatic carbocycles. The Morgan fingerprint density at radius 3 is 2.37 bits per heavy atom. The Hall–Kier alpha value is -1.72. The molecule has 1 saturated heterocycles. The standard InChI is InChI=1S/C22H34N2O3/c1-4-5-18-6-8-19(9-7-18)21(25)10-11-22(26)23-16-20(17(2)3)24-12-14-27-15-13-24/h6-9,17,20H,4-5,10-16H2,1-3H3,(H,23,26). The Morgan fingerprint density at radius 2 is 1.78 bits per heavy atom. The lowest BCUT2D eigenvalue weighted by atomic mass is 10.0. The first-order valence-electron chi connectivity index (χ1n) is 10.2. The van der Waals surface area contributed by atoms with E-state index in [2.05, 4.69) is 31.0 Å². The van der Waals surface area contributed by atoms with Crippen LogP contribution in [-0.4, -0.2) is 55.5 Å². The van der Waals surface area contributed by atoms with Crippen molar-refractivity contribution in [3.05, 3.63) is 35.4 Å². The van der Waals surface area contributed by atoms with Gasteiger partial charge in [0.2, 0.25) is 5.91 Å². The predicted octanol–water partition coefficient (Wildman–Crippen LogP) is 3.08. The summed E-state index contributed by atoms with van der Waals surface area (Å²) in [6.07, 6.45) is 2.61. The Morgan fingerprint density at radius 1 is 1.11 bits per heavy atom. The number of morpholine rings is 1. The van der Waals surface area contributed by atoms with Crippen LogP contribution in [0.1, 0.15) is 56.0 Å². The van der Waals surface area contributed by atoms with E-state index in [4.69, 9.17) is 4.74 Å². The maximum atomic E-state index is 12.3. The quantitative estimate of drug-likeness (QED) is 0.640. The van der Waals surface area contributed by atoms with Crippen LogP contribution in [0.2, 0.25) is 0 Å². The van der Waals surface area contributed by atoms with Gasteiger partial charge < -0.3 is 10.1 Å². The molecule has 5 nitrogen and oxygen atoms in total. The highest BCUT2D eigenvalue weighted by Gasteiger charge is 2.24. The van der Waals surface area contributed by atoms with Crippen molar-refractivity contribution in [3.63, 3.8) is 0 Å². The molecule has 0 saturated carbocycles. The van der Waals surface area contributed by atoms with Gasteiger partial charge in [0.05, 0.1) is 13.2 Å². The van der Waals surface area contributed by atoms with E-state index in [0.717, 1.165) is 39.1 Å². The van der Waals surface area contributed by atoms with Gasteiger partial charge in [0.1, 0.15) is 0 Å². The van der Waals surface area contributed by atoms with Gasteiger partial charge in [0.15, 0.2) is 5.78 Å². The van der Waals surface area contributed by atoms with E-state index in [0.29, 0.717) is 24.1 Å². The summed E-state index contributed by atoms with van der Waals surface area (Å²) in [7, 11) is 0. The molecule has 27 heavy (non-hydrogen) atoms. The average molecular weight is 375 g/mol. The number of Topliss-reactive ketones (excluding diaryl/α,β-unsaturated/α-hetero) is 1. The van der Waals surface area contributed by atoms with Gasteiger partial charge in [-0.3, -0.25) is 14.5 Å². The van der Waals surface area contributed by atoms with Crippen molar-refractivity contribution >= 4 is 11.7 Å². The van der Waals surface area contributed by atoms with Gasteiger partial charge in [-0.05, 0) is 17.9 Å². The van der Waals surface area contributed by atoms with Gasteiger partial charge in [-0.1, -0.05) is 51.5 Å². The fraction of sp³-hybridized carbons (Fsp3) is 0.636. The van der Waals surface area contributed by atoms with Crippen LogP contribution in [0.25, 0.3) is 0 Å². The highest BCUT2D eigenvalue weighted by Crippen LogP contribution is 2.13. The molecule has 2 rings (SSSR count). The number of amides is 1. The van der Waals surface area contributed by atoms with Crippen molar-refractivity contribution in [1.82, 2.24) is 10.2 Å². The summed E-state index contributed by atoms with van der Waals surface area (Å²) in [5.74, 6) is 0.429. The number of nitrogens with one attached hydrogen (secondary N) is 1. The second-order valence-corrected chi connectivity index (χ2v) is 7.63. The predicted molar refractivity (Wildman–Crippen MR) is 108 cm³/mol. The monoisotopic (exact) mass is 374 g/mol. The first-order valence-corrected chi connectivity index (χ1v) is 10.2. The van der Waals surface area contributed by atoms with E-state index in [1.807, 2.05) is 24.3 Å². The van der Waals surface area contributed by atoms with Crippen LogP contribution >= 0.6 is 0 Å². The molecular formula is C22H34N2O3. The number of rotatable bonds is 10. The van der Waals surface area contributed by atoms with E-state index in [9.17, 15) is 9.59 Å². The molecule has 1 N–H and O–H groups in total. The number of benzene rings is 1. The molecule has 1 aromatic rings. The van der Waals surface area contributed by atoms with Crippen molar-refractivity contribution < 1.29 is 14.3 Å². The summed E-state index contributed by atoms with van der Waals surface area (Å²) in [5, 5.41) is 3.02. The van der Waals surface area contributed by atoms with Gasteiger partial charge in [-0.25, -0.2) is 0 Å². The zero-order valence-corrected chi connectivity index (χ0v) is 17.0. The minimum atomic E-state index is -0.0511. The van der Waals surface area contributed by atoms with E-state index in [1.165, 1.54) is 5.56 Å². The molecule has 1 fully saturated rings. The molecule has 1 heterocycles. The molecular weight excluding hydrogens is 340 g/mol. The lowest BCUT2D eigenvalue weighted by molar-refractivity contribution is -0.121. The zero-order chi connectivity index (χ0) is 19.6. The van der Waals surface area contributed by atoms with Gasteiger partial charge in [-0.2, -0.15) is 0 Å². The number of hydrogen-bond acceptors (Lipinski definition) is 4. The maximum Gasteiger partial charge on any atom is 0.220 e. The number of nitrogens with zero attached hydrogens (tertiary/aromatic N) is 1. The fourth-order valence-corrected chi connectivity index (χ4v) is 3.52.